The molecule has 1 amide bonds. The molecule has 1 aliphatic carbocycles. The Labute approximate surface area is 113 Å². The fraction of sp³-hybridized carbons (Fsp3) is 0.385. The molecule has 5 heteroatoms. The number of nitrogens with zero attached hydrogens (tertiary/aromatic N) is 2. The van der Waals surface area contributed by atoms with Crippen molar-refractivity contribution in [3.63, 3.8) is 0 Å². The summed E-state index contributed by atoms with van der Waals surface area (Å²) in [7, 11) is 0. The molecule has 1 aliphatic rings. The zero-order chi connectivity index (χ0) is 13.1. The summed E-state index contributed by atoms with van der Waals surface area (Å²) in [5, 5.41) is 8.61. The lowest BCUT2D eigenvalue weighted by Gasteiger charge is -2.21. The molecule has 0 aromatic heterocycles. The van der Waals surface area contributed by atoms with Gasteiger partial charge in [-0.05, 0) is 47.0 Å². The Kier molecular flexibility index (Phi) is 3.97. The highest BCUT2D eigenvalue weighted by Crippen LogP contribution is 2.30. The Morgan fingerprint density at radius 2 is 2.28 bits per heavy atom. The Balaban J connectivity index is 2.22. The maximum Gasteiger partial charge on any atom is 0.255 e. The second kappa shape index (κ2) is 5.49. The topological polar surface area (TPSA) is 44.1 Å². The summed E-state index contributed by atoms with van der Waals surface area (Å²) < 4.78 is 13.8. The Hall–Kier alpha value is -1.41. The second-order valence-electron chi connectivity index (χ2n) is 4.26. The van der Waals surface area contributed by atoms with Crippen LogP contribution in [0.2, 0.25) is 0 Å². The van der Waals surface area contributed by atoms with Crippen molar-refractivity contribution in [3.8, 4) is 6.07 Å². The fourth-order valence-electron chi connectivity index (χ4n) is 1.82. The van der Waals surface area contributed by atoms with E-state index in [1.807, 2.05) is 6.07 Å². The molecule has 0 bridgehead atoms. The first kappa shape index (κ1) is 13.0. The van der Waals surface area contributed by atoms with E-state index in [0.29, 0.717) is 23.0 Å². The molecule has 0 heterocycles. The summed E-state index contributed by atoms with van der Waals surface area (Å²) in [6, 6.07) is 6.30. The molecule has 0 aliphatic heterocycles. The van der Waals surface area contributed by atoms with Crippen LogP contribution in [0.5, 0.6) is 0 Å². The van der Waals surface area contributed by atoms with Gasteiger partial charge in [0.1, 0.15) is 5.82 Å². The van der Waals surface area contributed by atoms with Crippen LogP contribution in [0.3, 0.4) is 0 Å². The Morgan fingerprint density at radius 3 is 2.89 bits per heavy atom. The van der Waals surface area contributed by atoms with Gasteiger partial charge in [0.05, 0.1) is 18.1 Å². The molecule has 1 saturated carbocycles. The molecule has 0 unspecified atom stereocenters. The molecular weight excluding hydrogens is 299 g/mol. The van der Waals surface area contributed by atoms with Gasteiger partial charge < -0.3 is 4.90 Å². The lowest BCUT2D eigenvalue weighted by Crippen LogP contribution is -2.34. The van der Waals surface area contributed by atoms with Gasteiger partial charge in [0, 0.05) is 17.1 Å². The van der Waals surface area contributed by atoms with Gasteiger partial charge in [0.25, 0.3) is 5.91 Å². The van der Waals surface area contributed by atoms with Gasteiger partial charge in [0.2, 0.25) is 0 Å². The molecule has 1 fully saturated rings. The summed E-state index contributed by atoms with van der Waals surface area (Å²) >= 11 is 3.26. The summed E-state index contributed by atoms with van der Waals surface area (Å²) in [5.41, 5.74) is 0.319. The van der Waals surface area contributed by atoms with E-state index in [1.54, 1.807) is 4.90 Å². The molecule has 0 saturated heterocycles. The molecule has 0 atom stereocenters. The molecule has 1 aromatic carbocycles. The third-order valence-electron chi connectivity index (χ3n) is 2.87. The standard InChI is InChI=1S/C13H12BrFN2O/c14-12-5-2-9(15)8-11(12)13(18)17(7-1-6-16)10-3-4-10/h2,5,8,10H,1,3-4,7H2. The van der Waals surface area contributed by atoms with Gasteiger partial charge in [-0.2, -0.15) is 5.26 Å². The molecule has 0 N–H and O–H groups in total. The minimum atomic E-state index is -0.433. The first-order valence-electron chi connectivity index (χ1n) is 5.76. The predicted molar refractivity (Wildman–Crippen MR) is 68.4 cm³/mol. The van der Waals surface area contributed by atoms with Crippen molar-refractivity contribution in [1.82, 2.24) is 4.90 Å². The van der Waals surface area contributed by atoms with Crippen molar-refractivity contribution in [2.45, 2.75) is 25.3 Å². The quantitative estimate of drug-likeness (QED) is 0.857. The first-order chi connectivity index (χ1) is 8.63. The van der Waals surface area contributed by atoms with Gasteiger partial charge in [-0.25, -0.2) is 4.39 Å². The van der Waals surface area contributed by atoms with Crippen LogP contribution in [-0.4, -0.2) is 23.4 Å². The summed E-state index contributed by atoms with van der Waals surface area (Å²) in [6.45, 7) is 0.406. The van der Waals surface area contributed by atoms with E-state index >= 15 is 0 Å². The van der Waals surface area contributed by atoms with Crippen LogP contribution in [0.25, 0.3) is 0 Å². The summed E-state index contributed by atoms with van der Waals surface area (Å²) in [4.78, 5) is 14.0. The van der Waals surface area contributed by atoms with Crippen molar-refractivity contribution in [3.05, 3.63) is 34.1 Å². The van der Waals surface area contributed by atoms with Crippen LogP contribution in [0.15, 0.2) is 22.7 Å². The van der Waals surface area contributed by atoms with E-state index in [0.717, 1.165) is 12.8 Å². The first-order valence-corrected chi connectivity index (χ1v) is 6.55. The number of amides is 1. The molecule has 0 radical (unpaired) electrons. The highest BCUT2D eigenvalue weighted by Gasteiger charge is 2.33. The van der Waals surface area contributed by atoms with E-state index < -0.39 is 5.82 Å². The molecule has 18 heavy (non-hydrogen) atoms. The summed E-state index contributed by atoms with van der Waals surface area (Å²) in [5.74, 6) is -0.642. The van der Waals surface area contributed by atoms with E-state index in [-0.39, 0.29) is 11.9 Å². The summed E-state index contributed by atoms with van der Waals surface area (Å²) in [6.07, 6.45) is 2.23. The Bertz CT molecular complexity index is 508. The van der Waals surface area contributed by atoms with Crippen molar-refractivity contribution < 1.29 is 9.18 Å². The highest BCUT2D eigenvalue weighted by molar-refractivity contribution is 9.10. The molecule has 0 spiro atoms. The average molecular weight is 311 g/mol. The van der Waals surface area contributed by atoms with Crippen LogP contribution in [0.4, 0.5) is 4.39 Å². The third-order valence-corrected chi connectivity index (χ3v) is 3.56. The van der Waals surface area contributed by atoms with Crippen molar-refractivity contribution in [2.75, 3.05) is 6.54 Å². The van der Waals surface area contributed by atoms with Crippen molar-refractivity contribution in [1.29, 1.82) is 5.26 Å². The van der Waals surface area contributed by atoms with E-state index in [1.165, 1.54) is 18.2 Å². The fourth-order valence-corrected chi connectivity index (χ4v) is 2.24. The zero-order valence-electron chi connectivity index (χ0n) is 9.70. The van der Waals surface area contributed by atoms with E-state index in [2.05, 4.69) is 15.9 Å². The van der Waals surface area contributed by atoms with Crippen LogP contribution < -0.4 is 0 Å². The number of nitriles is 1. The lowest BCUT2D eigenvalue weighted by molar-refractivity contribution is 0.0745. The average Bonchev–Trinajstić information content (AvgIpc) is 3.17. The second-order valence-corrected chi connectivity index (χ2v) is 5.12. The number of hydrogen-bond acceptors (Lipinski definition) is 2. The number of halogens is 2. The van der Waals surface area contributed by atoms with Crippen LogP contribution >= 0.6 is 15.9 Å². The van der Waals surface area contributed by atoms with Gasteiger partial charge >= 0.3 is 0 Å². The van der Waals surface area contributed by atoms with Crippen LogP contribution in [0.1, 0.15) is 29.6 Å². The number of hydrogen-bond donors (Lipinski definition) is 0. The number of benzene rings is 1. The molecule has 3 nitrogen and oxygen atoms in total. The predicted octanol–water partition coefficient (Wildman–Crippen LogP) is 3.11. The van der Waals surface area contributed by atoms with Gasteiger partial charge in [-0.15, -0.1) is 0 Å². The third kappa shape index (κ3) is 2.88. The van der Waals surface area contributed by atoms with E-state index in [4.69, 9.17) is 5.26 Å². The molecule has 1 aromatic rings. The van der Waals surface area contributed by atoms with Gasteiger partial charge in [-0.1, -0.05) is 0 Å². The van der Waals surface area contributed by atoms with Gasteiger partial charge in [0.15, 0.2) is 0 Å². The maximum absolute atomic E-state index is 13.2. The lowest BCUT2D eigenvalue weighted by atomic mass is 10.2. The van der Waals surface area contributed by atoms with Crippen LogP contribution in [-0.2, 0) is 0 Å². The minimum absolute atomic E-state index is 0.209. The molecule has 94 valence electrons. The monoisotopic (exact) mass is 310 g/mol. The highest BCUT2D eigenvalue weighted by atomic mass is 79.9. The Morgan fingerprint density at radius 1 is 1.56 bits per heavy atom. The number of rotatable bonds is 4. The zero-order valence-corrected chi connectivity index (χ0v) is 11.3. The SMILES string of the molecule is N#CCCN(C(=O)c1cc(F)ccc1Br)C1CC1. The van der Waals surface area contributed by atoms with Crippen LogP contribution in [0, 0.1) is 17.1 Å². The van der Waals surface area contributed by atoms with Crippen molar-refractivity contribution in [2.24, 2.45) is 0 Å². The maximum atomic E-state index is 13.2. The van der Waals surface area contributed by atoms with Gasteiger partial charge in [-0.3, -0.25) is 4.79 Å². The van der Waals surface area contributed by atoms with E-state index in [9.17, 15) is 9.18 Å². The largest absolute Gasteiger partial charge is 0.335 e. The normalized spacial score (nSPS) is 14.1. The number of carbonyl (C=O) groups excluding carboxylic acids is 1. The molecular formula is C13H12BrFN2O. The minimum Gasteiger partial charge on any atom is -0.335 e. The molecule has 2 rings (SSSR count). The number of carbonyl (C=O) groups is 1. The van der Waals surface area contributed by atoms with Crippen molar-refractivity contribution >= 4 is 21.8 Å². The smallest absolute Gasteiger partial charge is 0.255 e.